The zero-order valence-electron chi connectivity index (χ0n) is 17.6. The van der Waals surface area contributed by atoms with Crippen molar-refractivity contribution in [2.45, 2.75) is 25.8 Å². The highest BCUT2D eigenvalue weighted by atomic mass is 35.5. The molecule has 1 aromatic carbocycles. The summed E-state index contributed by atoms with van der Waals surface area (Å²) in [5.41, 5.74) is 2.54. The highest BCUT2D eigenvalue weighted by Crippen LogP contribution is 2.32. The summed E-state index contributed by atoms with van der Waals surface area (Å²) in [5.74, 6) is 1.29. The molecule has 1 unspecified atom stereocenters. The molecule has 0 saturated carbocycles. The average Bonchev–Trinajstić information content (AvgIpc) is 3.10. The lowest BCUT2D eigenvalue weighted by Gasteiger charge is -2.35. The maximum absolute atomic E-state index is 12.5. The summed E-state index contributed by atoms with van der Waals surface area (Å²) in [5, 5.41) is 7.13. The molecule has 1 atom stereocenters. The minimum Gasteiger partial charge on any atom is -0.493 e. The fourth-order valence-electron chi connectivity index (χ4n) is 3.58. The van der Waals surface area contributed by atoms with Gasteiger partial charge in [0.2, 0.25) is 11.1 Å². The Kier molecular flexibility index (Phi) is 7.95. The zero-order chi connectivity index (χ0) is 21.5. The van der Waals surface area contributed by atoms with Crippen LogP contribution >= 0.6 is 11.6 Å². The number of morpholine rings is 1. The molecule has 1 aliphatic rings. The molecule has 9 heteroatoms. The number of carbonyl (C=O) groups excluding carboxylic acids is 1. The topological polar surface area (TPSA) is 86.1 Å². The number of nitrogens with one attached hydrogen (secondary N) is 1. The van der Waals surface area contributed by atoms with E-state index in [2.05, 4.69) is 15.4 Å². The first-order chi connectivity index (χ1) is 14.5. The van der Waals surface area contributed by atoms with Gasteiger partial charge in [0.25, 0.3) is 0 Å². The summed E-state index contributed by atoms with van der Waals surface area (Å²) in [4.78, 5) is 14.8. The number of hydrogen-bond donors (Lipinski definition) is 1. The van der Waals surface area contributed by atoms with E-state index in [-0.39, 0.29) is 17.2 Å². The van der Waals surface area contributed by atoms with Crippen LogP contribution in [-0.4, -0.2) is 63.0 Å². The third-order valence-electron chi connectivity index (χ3n) is 5.31. The Balaban J connectivity index is 1.68. The summed E-state index contributed by atoms with van der Waals surface area (Å²) in [6.45, 7) is 5.22. The van der Waals surface area contributed by atoms with Gasteiger partial charge in [-0.1, -0.05) is 11.2 Å². The quantitative estimate of drug-likeness (QED) is 0.645. The van der Waals surface area contributed by atoms with Crippen molar-refractivity contribution in [1.82, 2.24) is 15.4 Å². The first-order valence-electron chi connectivity index (χ1n) is 9.94. The second-order valence-electron chi connectivity index (χ2n) is 7.10. The molecular formula is C21H28ClN3O5. The van der Waals surface area contributed by atoms with Crippen molar-refractivity contribution in [2.24, 2.45) is 0 Å². The molecule has 2 heterocycles. The number of aromatic nitrogens is 1. The van der Waals surface area contributed by atoms with Crippen LogP contribution in [0.5, 0.6) is 11.5 Å². The van der Waals surface area contributed by atoms with Crippen molar-refractivity contribution in [3.8, 4) is 11.5 Å². The maximum Gasteiger partial charge on any atom is 0.229 e. The van der Waals surface area contributed by atoms with Crippen LogP contribution in [0.25, 0.3) is 0 Å². The van der Waals surface area contributed by atoms with Crippen LogP contribution in [-0.2, 0) is 16.0 Å². The van der Waals surface area contributed by atoms with Crippen molar-refractivity contribution >= 4 is 17.5 Å². The van der Waals surface area contributed by atoms with Crippen LogP contribution < -0.4 is 14.8 Å². The van der Waals surface area contributed by atoms with E-state index in [0.717, 1.165) is 24.2 Å². The van der Waals surface area contributed by atoms with E-state index in [9.17, 15) is 4.79 Å². The number of rotatable bonds is 9. The third-order valence-corrected chi connectivity index (χ3v) is 5.61. The normalized spacial score (nSPS) is 15.6. The maximum atomic E-state index is 12.5. The van der Waals surface area contributed by atoms with Crippen LogP contribution in [0.2, 0.25) is 5.22 Å². The molecule has 164 valence electrons. The van der Waals surface area contributed by atoms with Gasteiger partial charge in [0.15, 0.2) is 11.5 Å². The zero-order valence-corrected chi connectivity index (χ0v) is 18.3. The predicted octanol–water partition coefficient (Wildman–Crippen LogP) is 2.78. The molecule has 3 rings (SSSR count). The van der Waals surface area contributed by atoms with Gasteiger partial charge in [0.05, 0.1) is 39.2 Å². The van der Waals surface area contributed by atoms with Gasteiger partial charge >= 0.3 is 0 Å². The molecule has 1 aliphatic heterocycles. The standard InChI is InChI=1S/C21H28ClN3O5/c1-14-16(21(22)30-24-14)5-7-20(26)23-13-17(25-8-10-29-11-9-25)15-4-6-18(27-2)19(12-15)28-3/h4,6,12,17H,5,7-11,13H2,1-3H3,(H,23,26). The van der Waals surface area contributed by atoms with Crippen molar-refractivity contribution in [3.63, 3.8) is 0 Å². The first kappa shape index (κ1) is 22.4. The fraction of sp³-hybridized carbons (Fsp3) is 0.524. The van der Waals surface area contributed by atoms with Crippen molar-refractivity contribution in [3.05, 3.63) is 40.2 Å². The molecule has 1 aromatic heterocycles. The van der Waals surface area contributed by atoms with E-state index in [0.29, 0.717) is 49.8 Å². The SMILES string of the molecule is COc1ccc(C(CNC(=O)CCc2c(C)noc2Cl)N2CCOCC2)cc1OC. The van der Waals surface area contributed by atoms with Gasteiger partial charge in [-0.2, -0.15) is 0 Å². The lowest BCUT2D eigenvalue weighted by molar-refractivity contribution is -0.121. The van der Waals surface area contributed by atoms with Crippen LogP contribution in [0.3, 0.4) is 0 Å². The van der Waals surface area contributed by atoms with E-state index >= 15 is 0 Å². The molecule has 1 amide bonds. The molecule has 0 aliphatic carbocycles. The average molecular weight is 438 g/mol. The second-order valence-corrected chi connectivity index (χ2v) is 7.45. The molecule has 30 heavy (non-hydrogen) atoms. The number of aryl methyl sites for hydroxylation is 1. The minimum absolute atomic E-state index is 0.00132. The number of benzene rings is 1. The second kappa shape index (κ2) is 10.7. The molecule has 8 nitrogen and oxygen atoms in total. The van der Waals surface area contributed by atoms with Crippen molar-refractivity contribution in [2.75, 3.05) is 47.1 Å². The highest BCUT2D eigenvalue weighted by Gasteiger charge is 2.24. The summed E-state index contributed by atoms with van der Waals surface area (Å²) in [7, 11) is 3.23. The lowest BCUT2D eigenvalue weighted by Crippen LogP contribution is -2.43. The number of ether oxygens (including phenoxy) is 3. The largest absolute Gasteiger partial charge is 0.493 e. The number of carbonyl (C=O) groups is 1. The summed E-state index contributed by atoms with van der Waals surface area (Å²) in [6.07, 6.45) is 0.794. The Hall–Kier alpha value is -2.29. The number of methoxy groups -OCH3 is 2. The van der Waals surface area contributed by atoms with Gasteiger partial charge in [-0.25, -0.2) is 0 Å². The van der Waals surface area contributed by atoms with Crippen molar-refractivity contribution < 1.29 is 23.5 Å². The van der Waals surface area contributed by atoms with Crippen LogP contribution in [0, 0.1) is 6.92 Å². The molecule has 0 spiro atoms. The Bertz CT molecular complexity index is 832. The number of nitrogens with zero attached hydrogens (tertiary/aromatic N) is 2. The van der Waals surface area contributed by atoms with E-state index in [1.807, 2.05) is 25.1 Å². The summed E-state index contributed by atoms with van der Waals surface area (Å²) in [6, 6.07) is 5.86. The number of halogens is 1. The van der Waals surface area contributed by atoms with E-state index in [1.54, 1.807) is 14.2 Å². The first-order valence-corrected chi connectivity index (χ1v) is 10.3. The van der Waals surface area contributed by atoms with Gasteiger partial charge in [0.1, 0.15) is 0 Å². The Morgan fingerprint density at radius 3 is 2.63 bits per heavy atom. The highest BCUT2D eigenvalue weighted by molar-refractivity contribution is 6.29. The molecule has 1 N–H and O–H groups in total. The molecule has 2 aromatic rings. The third kappa shape index (κ3) is 5.44. The number of amides is 1. The summed E-state index contributed by atoms with van der Waals surface area (Å²) < 4.78 is 21.2. The fourth-order valence-corrected chi connectivity index (χ4v) is 3.85. The number of hydrogen-bond acceptors (Lipinski definition) is 7. The van der Waals surface area contributed by atoms with E-state index < -0.39 is 0 Å². The van der Waals surface area contributed by atoms with Gasteiger partial charge in [-0.05, 0) is 42.6 Å². The minimum atomic E-state index is -0.0506. The van der Waals surface area contributed by atoms with Crippen LogP contribution in [0.4, 0.5) is 0 Å². The van der Waals surface area contributed by atoms with Crippen molar-refractivity contribution in [1.29, 1.82) is 0 Å². The van der Waals surface area contributed by atoms with Crippen LogP contribution in [0.1, 0.15) is 29.3 Å². The Morgan fingerprint density at radius 2 is 2.00 bits per heavy atom. The Labute approximate surface area is 181 Å². The van der Waals surface area contributed by atoms with Crippen LogP contribution in [0.15, 0.2) is 22.7 Å². The molecule has 1 saturated heterocycles. The molecular weight excluding hydrogens is 410 g/mol. The molecule has 0 bridgehead atoms. The predicted molar refractivity (Wildman–Crippen MR) is 112 cm³/mol. The van der Waals surface area contributed by atoms with Gasteiger partial charge in [0, 0.05) is 31.6 Å². The monoisotopic (exact) mass is 437 g/mol. The Morgan fingerprint density at radius 1 is 1.27 bits per heavy atom. The van der Waals surface area contributed by atoms with Gasteiger partial charge in [-0.15, -0.1) is 0 Å². The van der Waals surface area contributed by atoms with E-state index in [4.69, 9.17) is 30.3 Å². The van der Waals surface area contributed by atoms with E-state index in [1.165, 1.54) is 0 Å². The smallest absolute Gasteiger partial charge is 0.229 e. The summed E-state index contributed by atoms with van der Waals surface area (Å²) >= 11 is 5.99. The molecule has 1 fully saturated rings. The van der Waals surface area contributed by atoms with Gasteiger partial charge < -0.3 is 24.1 Å². The lowest BCUT2D eigenvalue weighted by atomic mass is 10.0. The molecule has 0 radical (unpaired) electrons. The van der Waals surface area contributed by atoms with Gasteiger partial charge in [-0.3, -0.25) is 9.69 Å².